The van der Waals surface area contributed by atoms with Gasteiger partial charge in [0.1, 0.15) is 5.69 Å². The Hall–Kier alpha value is -1.62. The van der Waals surface area contributed by atoms with Crippen molar-refractivity contribution >= 4 is 11.6 Å². The average molecular weight is 206 g/mol. The van der Waals surface area contributed by atoms with Gasteiger partial charge < -0.3 is 10.3 Å². The molecule has 0 aliphatic rings. The molecule has 2 aromatic heterocycles. The highest BCUT2D eigenvalue weighted by Gasteiger charge is 2.15. The van der Waals surface area contributed by atoms with Gasteiger partial charge in [0.15, 0.2) is 5.78 Å². The minimum Gasteiger partial charge on any atom is -0.321 e. The van der Waals surface area contributed by atoms with Crippen LogP contribution in [0.5, 0.6) is 0 Å². The Bertz CT molecular complexity index is 509. The maximum absolute atomic E-state index is 11.7. The van der Waals surface area contributed by atoms with E-state index in [1.54, 1.807) is 13.2 Å². The van der Waals surface area contributed by atoms with Crippen molar-refractivity contribution in [3.63, 3.8) is 0 Å². The summed E-state index contributed by atoms with van der Waals surface area (Å²) in [6, 6.07) is 0. The van der Waals surface area contributed by atoms with Gasteiger partial charge in [-0.3, -0.25) is 9.20 Å². The lowest BCUT2D eigenvalue weighted by atomic mass is 10.2. The molecule has 5 nitrogen and oxygen atoms in total. The Morgan fingerprint density at radius 3 is 2.93 bits per heavy atom. The highest BCUT2D eigenvalue weighted by Crippen LogP contribution is 2.13. The largest absolute Gasteiger partial charge is 0.321 e. The molecule has 0 spiro atoms. The van der Waals surface area contributed by atoms with Crippen molar-refractivity contribution in [2.24, 2.45) is 0 Å². The molecule has 5 heteroatoms. The molecule has 2 rings (SSSR count). The highest BCUT2D eigenvalue weighted by molar-refractivity contribution is 5.97. The van der Waals surface area contributed by atoms with Crippen LogP contribution in [0.15, 0.2) is 6.20 Å². The fourth-order valence-corrected chi connectivity index (χ4v) is 1.78. The number of aromatic nitrogens is 3. The number of aryl methyl sites for hydroxylation is 2. The summed E-state index contributed by atoms with van der Waals surface area (Å²) >= 11 is 0. The molecule has 2 aromatic rings. The van der Waals surface area contributed by atoms with E-state index in [9.17, 15) is 4.79 Å². The first kappa shape index (κ1) is 9.92. The van der Waals surface area contributed by atoms with Crippen LogP contribution in [-0.2, 0) is 0 Å². The van der Waals surface area contributed by atoms with E-state index in [0.717, 1.165) is 17.2 Å². The number of nitrogens with one attached hydrogen (secondary N) is 2. The summed E-state index contributed by atoms with van der Waals surface area (Å²) < 4.78 is 1.95. The van der Waals surface area contributed by atoms with Gasteiger partial charge in [-0.05, 0) is 20.9 Å². The van der Waals surface area contributed by atoms with Gasteiger partial charge in [-0.1, -0.05) is 0 Å². The van der Waals surface area contributed by atoms with Crippen LogP contribution in [0.3, 0.4) is 0 Å². The van der Waals surface area contributed by atoms with E-state index in [4.69, 9.17) is 0 Å². The molecule has 0 radical (unpaired) electrons. The van der Waals surface area contributed by atoms with Crippen LogP contribution in [0.4, 0.5) is 0 Å². The Morgan fingerprint density at radius 2 is 2.33 bits per heavy atom. The Kier molecular flexibility index (Phi) is 2.32. The molecule has 0 atom stereocenters. The Balaban J connectivity index is 2.53. The van der Waals surface area contributed by atoms with Crippen molar-refractivity contribution in [1.82, 2.24) is 19.7 Å². The summed E-state index contributed by atoms with van der Waals surface area (Å²) in [5.74, 6) is 0.782. The molecular formula is C10H14N4O. The van der Waals surface area contributed by atoms with E-state index in [-0.39, 0.29) is 5.78 Å². The van der Waals surface area contributed by atoms with Crippen LogP contribution in [0.1, 0.15) is 21.9 Å². The van der Waals surface area contributed by atoms with Gasteiger partial charge in [0.05, 0.1) is 18.4 Å². The number of imidazole rings is 2. The molecule has 0 saturated heterocycles. The van der Waals surface area contributed by atoms with E-state index >= 15 is 0 Å². The molecule has 0 unspecified atom stereocenters. The molecule has 2 heterocycles. The van der Waals surface area contributed by atoms with E-state index in [1.807, 2.05) is 18.2 Å². The molecule has 0 aromatic carbocycles. The van der Waals surface area contributed by atoms with Gasteiger partial charge in [-0.15, -0.1) is 0 Å². The summed E-state index contributed by atoms with van der Waals surface area (Å²) in [6.45, 7) is 4.22. The number of Topliss-reactive ketones (excluding diaryl/α,β-unsaturated/α-hetero) is 1. The smallest absolute Gasteiger partial charge is 0.212 e. The zero-order valence-corrected chi connectivity index (χ0v) is 9.09. The summed E-state index contributed by atoms with van der Waals surface area (Å²) in [5, 5.41) is 2.85. The number of rotatable bonds is 3. The number of likely N-dealkylation sites (N-methyl/N-ethyl adjacent to an activating group) is 1. The number of carbonyl (C=O) groups excluding carboxylic acids is 1. The van der Waals surface area contributed by atoms with Crippen LogP contribution in [0, 0.1) is 13.8 Å². The van der Waals surface area contributed by atoms with E-state index < -0.39 is 0 Å². The van der Waals surface area contributed by atoms with Gasteiger partial charge in [0.2, 0.25) is 5.78 Å². The maximum Gasteiger partial charge on any atom is 0.212 e. The lowest BCUT2D eigenvalue weighted by molar-refractivity contribution is 0.0989. The molecule has 15 heavy (non-hydrogen) atoms. The second kappa shape index (κ2) is 3.51. The second-order valence-corrected chi connectivity index (χ2v) is 3.60. The number of fused-ring (bicyclic) bond motifs is 1. The van der Waals surface area contributed by atoms with Gasteiger partial charge >= 0.3 is 0 Å². The van der Waals surface area contributed by atoms with Gasteiger partial charge in [0.25, 0.3) is 0 Å². The molecule has 80 valence electrons. The van der Waals surface area contributed by atoms with E-state index in [0.29, 0.717) is 12.2 Å². The predicted molar refractivity (Wildman–Crippen MR) is 57.3 cm³/mol. The molecule has 0 aliphatic carbocycles. The van der Waals surface area contributed by atoms with Gasteiger partial charge in [-0.25, -0.2) is 4.98 Å². The van der Waals surface area contributed by atoms with Gasteiger partial charge in [-0.2, -0.15) is 0 Å². The van der Waals surface area contributed by atoms with Crippen molar-refractivity contribution in [3.05, 3.63) is 23.3 Å². The number of hydrogen-bond acceptors (Lipinski definition) is 3. The minimum absolute atomic E-state index is 0.0555. The summed E-state index contributed by atoms with van der Waals surface area (Å²) in [6.07, 6.45) is 1.78. The first-order valence-electron chi connectivity index (χ1n) is 4.85. The van der Waals surface area contributed by atoms with Crippen LogP contribution in [0.2, 0.25) is 0 Å². The first-order chi connectivity index (χ1) is 7.15. The van der Waals surface area contributed by atoms with Crippen LogP contribution >= 0.6 is 0 Å². The van der Waals surface area contributed by atoms with E-state index in [1.165, 1.54) is 0 Å². The molecular weight excluding hydrogens is 192 g/mol. The summed E-state index contributed by atoms with van der Waals surface area (Å²) in [7, 11) is 1.76. The third-order valence-corrected chi connectivity index (χ3v) is 2.49. The third-order valence-electron chi connectivity index (χ3n) is 2.49. The van der Waals surface area contributed by atoms with Crippen molar-refractivity contribution in [2.45, 2.75) is 13.8 Å². The van der Waals surface area contributed by atoms with Crippen molar-refractivity contribution < 1.29 is 4.79 Å². The van der Waals surface area contributed by atoms with Crippen molar-refractivity contribution in [2.75, 3.05) is 13.6 Å². The quantitative estimate of drug-likeness (QED) is 0.726. The Labute approximate surface area is 87.5 Å². The van der Waals surface area contributed by atoms with Crippen LogP contribution in [0.25, 0.3) is 5.78 Å². The second-order valence-electron chi connectivity index (χ2n) is 3.60. The number of carbonyl (C=O) groups is 1. The monoisotopic (exact) mass is 206 g/mol. The lowest BCUT2D eigenvalue weighted by Crippen LogP contribution is -2.19. The molecule has 2 N–H and O–H groups in total. The maximum atomic E-state index is 11.7. The Morgan fingerprint density at radius 1 is 1.60 bits per heavy atom. The van der Waals surface area contributed by atoms with Gasteiger partial charge in [0, 0.05) is 5.69 Å². The van der Waals surface area contributed by atoms with Crippen molar-refractivity contribution in [3.8, 4) is 0 Å². The van der Waals surface area contributed by atoms with Crippen LogP contribution in [-0.4, -0.2) is 33.7 Å². The standard InChI is InChI=1S/C10H14N4O/c1-6-4-12-10-13-9(7(2)14(6)10)8(15)5-11-3/h4,11H,5H2,1-3H3,(H,12,13). The number of H-pyrrole nitrogens is 1. The molecule has 0 amide bonds. The fraction of sp³-hybridized carbons (Fsp3) is 0.400. The SMILES string of the molecule is CNCC(=O)c1[nH]c2ncc(C)n2c1C. The predicted octanol–water partition coefficient (Wildman–Crippen LogP) is 0.681. The summed E-state index contributed by atoms with van der Waals surface area (Å²) in [4.78, 5) is 18.9. The number of aromatic amines is 1. The van der Waals surface area contributed by atoms with Crippen molar-refractivity contribution in [1.29, 1.82) is 0 Å². The van der Waals surface area contributed by atoms with Crippen LogP contribution < -0.4 is 5.32 Å². The minimum atomic E-state index is 0.0555. The fourth-order valence-electron chi connectivity index (χ4n) is 1.78. The third kappa shape index (κ3) is 1.45. The zero-order chi connectivity index (χ0) is 11.0. The molecule has 0 fully saturated rings. The zero-order valence-electron chi connectivity index (χ0n) is 9.09. The number of ketones is 1. The van der Waals surface area contributed by atoms with E-state index in [2.05, 4.69) is 15.3 Å². The number of nitrogens with zero attached hydrogens (tertiary/aromatic N) is 2. The molecule has 0 saturated carbocycles. The molecule has 0 bridgehead atoms. The first-order valence-corrected chi connectivity index (χ1v) is 4.85. The normalized spacial score (nSPS) is 11.1. The topological polar surface area (TPSA) is 62.2 Å². The number of hydrogen-bond donors (Lipinski definition) is 2. The highest BCUT2D eigenvalue weighted by atomic mass is 16.1. The summed E-state index contributed by atoms with van der Waals surface area (Å²) in [5.41, 5.74) is 2.58. The average Bonchev–Trinajstić information content (AvgIpc) is 2.70. The molecule has 0 aliphatic heterocycles. The lowest BCUT2D eigenvalue weighted by Gasteiger charge is -1.98.